The normalized spacial score (nSPS) is 28.3. The van der Waals surface area contributed by atoms with Crippen molar-refractivity contribution in [1.29, 1.82) is 0 Å². The van der Waals surface area contributed by atoms with Gasteiger partial charge >= 0.3 is 0 Å². The van der Waals surface area contributed by atoms with Crippen molar-refractivity contribution < 1.29 is 4.74 Å². The van der Waals surface area contributed by atoms with Crippen LogP contribution in [0.25, 0.3) is 0 Å². The summed E-state index contributed by atoms with van der Waals surface area (Å²) in [5.41, 5.74) is 6.34. The average molecular weight is 255 g/mol. The van der Waals surface area contributed by atoms with Crippen LogP contribution in [0.4, 0.5) is 11.5 Å². The molecular weight excluding hydrogens is 240 g/mol. The van der Waals surface area contributed by atoms with Crippen LogP contribution in [0, 0.1) is 5.92 Å². The van der Waals surface area contributed by atoms with Gasteiger partial charge in [-0.1, -0.05) is 0 Å². The van der Waals surface area contributed by atoms with Crippen LogP contribution in [0.5, 0.6) is 0 Å². The first-order valence-electron chi connectivity index (χ1n) is 5.90. The lowest BCUT2D eigenvalue weighted by Crippen LogP contribution is -2.31. The second kappa shape index (κ2) is 4.31. The van der Waals surface area contributed by atoms with Crippen LogP contribution in [0.15, 0.2) is 6.20 Å². The van der Waals surface area contributed by atoms with E-state index in [2.05, 4.69) is 15.3 Å². The Kier molecular flexibility index (Phi) is 2.80. The van der Waals surface area contributed by atoms with E-state index >= 15 is 0 Å². The SMILES string of the molecule is Nc1cnc(Cl)nc1NC1CCOC1C1CC1. The zero-order chi connectivity index (χ0) is 11.8. The molecule has 1 saturated carbocycles. The fourth-order valence-electron chi connectivity index (χ4n) is 2.32. The summed E-state index contributed by atoms with van der Waals surface area (Å²) in [5, 5.41) is 3.55. The van der Waals surface area contributed by atoms with E-state index in [1.165, 1.54) is 19.0 Å². The Morgan fingerprint density at radius 2 is 2.24 bits per heavy atom. The van der Waals surface area contributed by atoms with Gasteiger partial charge in [0.15, 0.2) is 5.82 Å². The van der Waals surface area contributed by atoms with Crippen LogP contribution < -0.4 is 11.1 Å². The van der Waals surface area contributed by atoms with Crippen molar-refractivity contribution in [2.24, 2.45) is 5.92 Å². The number of nitrogens with zero attached hydrogens (tertiary/aromatic N) is 2. The number of rotatable bonds is 3. The van der Waals surface area contributed by atoms with Gasteiger partial charge in [-0.2, -0.15) is 4.98 Å². The topological polar surface area (TPSA) is 73.1 Å². The summed E-state index contributed by atoms with van der Waals surface area (Å²) in [4.78, 5) is 7.95. The van der Waals surface area contributed by atoms with Gasteiger partial charge in [-0.05, 0) is 36.8 Å². The van der Waals surface area contributed by atoms with Gasteiger partial charge in [0.1, 0.15) is 0 Å². The lowest BCUT2D eigenvalue weighted by Gasteiger charge is -2.20. The van der Waals surface area contributed by atoms with Crippen LogP contribution in [0.2, 0.25) is 5.28 Å². The van der Waals surface area contributed by atoms with Crippen molar-refractivity contribution in [2.75, 3.05) is 17.7 Å². The summed E-state index contributed by atoms with van der Waals surface area (Å²) in [6, 6.07) is 0.288. The standard InChI is InChI=1S/C11H15ClN4O/c12-11-14-5-7(13)10(16-11)15-8-3-4-17-9(8)6-1-2-6/h5-6,8-9H,1-4,13H2,(H,14,15,16). The number of nitrogens with two attached hydrogens (primary N) is 1. The Hall–Kier alpha value is -1.07. The zero-order valence-electron chi connectivity index (χ0n) is 9.40. The molecule has 17 heavy (non-hydrogen) atoms. The summed E-state index contributed by atoms with van der Waals surface area (Å²) >= 11 is 5.76. The minimum absolute atomic E-state index is 0.212. The highest BCUT2D eigenvalue weighted by molar-refractivity contribution is 6.28. The van der Waals surface area contributed by atoms with Gasteiger partial charge in [-0.15, -0.1) is 0 Å². The van der Waals surface area contributed by atoms with Gasteiger partial charge in [-0.3, -0.25) is 0 Å². The molecule has 0 amide bonds. The van der Waals surface area contributed by atoms with E-state index in [1.54, 1.807) is 0 Å². The van der Waals surface area contributed by atoms with E-state index in [-0.39, 0.29) is 11.3 Å². The summed E-state index contributed by atoms with van der Waals surface area (Å²) in [6.45, 7) is 0.803. The maximum atomic E-state index is 5.82. The molecule has 1 aliphatic carbocycles. The summed E-state index contributed by atoms with van der Waals surface area (Å²) in [6.07, 6.45) is 5.34. The van der Waals surface area contributed by atoms with Crippen molar-refractivity contribution in [1.82, 2.24) is 9.97 Å². The lowest BCUT2D eigenvalue weighted by molar-refractivity contribution is 0.0898. The third-order valence-electron chi connectivity index (χ3n) is 3.33. The van der Waals surface area contributed by atoms with Crippen molar-refractivity contribution in [2.45, 2.75) is 31.4 Å². The average Bonchev–Trinajstić information content (AvgIpc) is 3.05. The highest BCUT2D eigenvalue weighted by Crippen LogP contribution is 2.39. The van der Waals surface area contributed by atoms with E-state index in [0.717, 1.165) is 13.0 Å². The Labute approximate surface area is 105 Å². The predicted molar refractivity (Wildman–Crippen MR) is 65.9 cm³/mol. The molecule has 2 fully saturated rings. The van der Waals surface area contributed by atoms with Crippen LogP contribution in [0.3, 0.4) is 0 Å². The predicted octanol–water partition coefficient (Wildman–Crippen LogP) is 1.69. The summed E-state index contributed by atoms with van der Waals surface area (Å²) in [7, 11) is 0. The molecule has 5 nitrogen and oxygen atoms in total. The fraction of sp³-hybridized carbons (Fsp3) is 0.636. The molecule has 0 radical (unpaired) electrons. The first-order chi connectivity index (χ1) is 8.24. The van der Waals surface area contributed by atoms with Crippen molar-refractivity contribution in [3.05, 3.63) is 11.5 Å². The second-order valence-electron chi connectivity index (χ2n) is 4.66. The summed E-state index contributed by atoms with van der Waals surface area (Å²) in [5.74, 6) is 1.32. The number of hydrogen-bond donors (Lipinski definition) is 2. The van der Waals surface area contributed by atoms with Crippen LogP contribution in [-0.2, 0) is 4.74 Å². The van der Waals surface area contributed by atoms with Crippen molar-refractivity contribution >= 4 is 23.1 Å². The number of halogens is 1. The van der Waals surface area contributed by atoms with Gasteiger partial charge in [0.25, 0.3) is 0 Å². The van der Waals surface area contributed by atoms with Gasteiger partial charge in [0.05, 0.1) is 24.0 Å². The monoisotopic (exact) mass is 254 g/mol. The number of ether oxygens (including phenoxy) is 1. The molecule has 2 aliphatic rings. The molecule has 0 aromatic carbocycles. The molecule has 1 saturated heterocycles. The Bertz CT molecular complexity index is 424. The van der Waals surface area contributed by atoms with Crippen molar-refractivity contribution in [3.63, 3.8) is 0 Å². The highest BCUT2D eigenvalue weighted by Gasteiger charge is 2.40. The van der Waals surface area contributed by atoms with E-state index in [0.29, 0.717) is 23.5 Å². The molecule has 1 aliphatic heterocycles. The minimum Gasteiger partial charge on any atom is -0.394 e. The Balaban J connectivity index is 1.74. The first-order valence-corrected chi connectivity index (χ1v) is 6.28. The molecule has 6 heteroatoms. The largest absolute Gasteiger partial charge is 0.394 e. The number of anilines is 2. The van der Waals surface area contributed by atoms with Crippen LogP contribution in [0.1, 0.15) is 19.3 Å². The number of hydrogen-bond acceptors (Lipinski definition) is 5. The molecule has 2 unspecified atom stereocenters. The van der Waals surface area contributed by atoms with Crippen molar-refractivity contribution in [3.8, 4) is 0 Å². The van der Waals surface area contributed by atoms with Gasteiger partial charge in [0, 0.05) is 6.61 Å². The maximum Gasteiger partial charge on any atom is 0.224 e. The van der Waals surface area contributed by atoms with E-state index in [1.807, 2.05) is 0 Å². The Morgan fingerprint density at radius 3 is 3.00 bits per heavy atom. The van der Waals surface area contributed by atoms with Crippen LogP contribution in [-0.4, -0.2) is 28.7 Å². The first kappa shape index (κ1) is 11.0. The third kappa shape index (κ3) is 2.30. The molecule has 1 aromatic rings. The van der Waals surface area contributed by atoms with Gasteiger partial charge in [0.2, 0.25) is 5.28 Å². The number of nitrogens with one attached hydrogen (secondary N) is 1. The number of nitrogen functional groups attached to an aromatic ring is 1. The molecule has 0 bridgehead atoms. The smallest absolute Gasteiger partial charge is 0.224 e. The van der Waals surface area contributed by atoms with Crippen LogP contribution >= 0.6 is 11.6 Å². The molecule has 1 aromatic heterocycles. The summed E-state index contributed by atoms with van der Waals surface area (Å²) < 4.78 is 5.75. The third-order valence-corrected chi connectivity index (χ3v) is 3.51. The van der Waals surface area contributed by atoms with E-state index in [9.17, 15) is 0 Å². The maximum absolute atomic E-state index is 5.82. The molecule has 3 N–H and O–H groups in total. The molecule has 92 valence electrons. The quantitative estimate of drug-likeness (QED) is 0.803. The van der Waals surface area contributed by atoms with Gasteiger partial charge < -0.3 is 15.8 Å². The Morgan fingerprint density at radius 1 is 1.41 bits per heavy atom. The molecule has 0 spiro atoms. The van der Waals surface area contributed by atoms with E-state index < -0.39 is 0 Å². The second-order valence-corrected chi connectivity index (χ2v) is 4.99. The zero-order valence-corrected chi connectivity index (χ0v) is 10.2. The van der Waals surface area contributed by atoms with Gasteiger partial charge in [-0.25, -0.2) is 4.98 Å². The molecule has 2 heterocycles. The lowest BCUT2D eigenvalue weighted by atomic mass is 10.1. The van der Waals surface area contributed by atoms with E-state index in [4.69, 9.17) is 22.1 Å². The number of aromatic nitrogens is 2. The fourth-order valence-corrected chi connectivity index (χ4v) is 2.45. The molecule has 3 rings (SSSR count). The molecular formula is C11H15ClN4O. The minimum atomic E-state index is 0.212. The highest BCUT2D eigenvalue weighted by atomic mass is 35.5. The molecule has 2 atom stereocenters.